The highest BCUT2D eigenvalue weighted by molar-refractivity contribution is 5.92. The van der Waals surface area contributed by atoms with Gasteiger partial charge in [0.2, 0.25) is 5.89 Å². The van der Waals surface area contributed by atoms with Gasteiger partial charge in [0, 0.05) is 6.20 Å². The molecule has 21 heavy (non-hydrogen) atoms. The van der Waals surface area contributed by atoms with Gasteiger partial charge in [-0.3, -0.25) is 4.98 Å². The van der Waals surface area contributed by atoms with Gasteiger partial charge in [0.25, 0.3) is 0 Å². The van der Waals surface area contributed by atoms with Crippen LogP contribution in [0.25, 0.3) is 11.4 Å². The molecule has 0 aliphatic carbocycles. The zero-order chi connectivity index (χ0) is 14.8. The van der Waals surface area contributed by atoms with Gasteiger partial charge in [-0.05, 0) is 19.1 Å². The van der Waals surface area contributed by atoms with Gasteiger partial charge in [0.15, 0.2) is 11.5 Å². The summed E-state index contributed by atoms with van der Waals surface area (Å²) in [6, 6.07) is 5.17. The molecule has 106 valence electrons. The second-order valence-electron chi connectivity index (χ2n) is 4.20. The first kappa shape index (κ1) is 12.9. The van der Waals surface area contributed by atoms with Crippen LogP contribution in [0.2, 0.25) is 0 Å². The number of hydrogen-bond donors (Lipinski definition) is 1. The Morgan fingerprint density at radius 1 is 1.43 bits per heavy atom. The van der Waals surface area contributed by atoms with Crippen LogP contribution < -0.4 is 0 Å². The number of carboxylic acid groups (broad SMARTS) is 1. The van der Waals surface area contributed by atoms with Crippen molar-refractivity contribution < 1.29 is 14.4 Å². The summed E-state index contributed by atoms with van der Waals surface area (Å²) in [6.07, 6.45) is 1.56. The number of carboxylic acids is 1. The Morgan fingerprint density at radius 2 is 2.29 bits per heavy atom. The van der Waals surface area contributed by atoms with E-state index in [0.29, 0.717) is 23.1 Å². The lowest BCUT2D eigenvalue weighted by Crippen LogP contribution is -2.07. The summed E-state index contributed by atoms with van der Waals surface area (Å²) < 4.78 is 6.39. The highest BCUT2D eigenvalue weighted by atomic mass is 16.5. The molecule has 1 N–H and O–H groups in total. The van der Waals surface area contributed by atoms with E-state index in [1.165, 1.54) is 4.68 Å². The fraction of sp³-hybridized carbons (Fsp3) is 0.167. The van der Waals surface area contributed by atoms with E-state index in [0.717, 1.165) is 0 Å². The van der Waals surface area contributed by atoms with E-state index in [1.807, 2.05) is 0 Å². The molecule has 9 nitrogen and oxygen atoms in total. The number of carbonyl (C=O) groups is 1. The highest BCUT2D eigenvalue weighted by Gasteiger charge is 2.22. The normalized spacial score (nSPS) is 10.7. The van der Waals surface area contributed by atoms with Crippen LogP contribution in [0.3, 0.4) is 0 Å². The van der Waals surface area contributed by atoms with Crippen LogP contribution in [0.15, 0.2) is 28.9 Å². The number of hydrogen-bond acceptors (Lipinski definition) is 7. The smallest absolute Gasteiger partial charge is 0.358 e. The molecule has 3 aromatic heterocycles. The van der Waals surface area contributed by atoms with Gasteiger partial charge in [0.05, 0.1) is 5.69 Å². The third-order valence-corrected chi connectivity index (χ3v) is 2.70. The van der Waals surface area contributed by atoms with Gasteiger partial charge in [-0.25, -0.2) is 9.48 Å². The summed E-state index contributed by atoms with van der Waals surface area (Å²) in [4.78, 5) is 19.5. The van der Waals surface area contributed by atoms with Crippen LogP contribution in [-0.2, 0) is 6.54 Å². The zero-order valence-corrected chi connectivity index (χ0v) is 11.0. The molecule has 0 amide bonds. The summed E-state index contributed by atoms with van der Waals surface area (Å²) >= 11 is 0. The van der Waals surface area contributed by atoms with Gasteiger partial charge in [0.1, 0.15) is 12.2 Å². The third-order valence-electron chi connectivity index (χ3n) is 2.70. The maximum Gasteiger partial charge on any atom is 0.358 e. The molecule has 0 unspecified atom stereocenters. The zero-order valence-electron chi connectivity index (χ0n) is 11.0. The standard InChI is InChI=1S/C12H10N6O3/c1-7-14-9(21-16-7)6-18-11(8-4-2-3-5-13-8)10(12(19)20)15-17-18/h2-5H,6H2,1H3,(H,19,20). The summed E-state index contributed by atoms with van der Waals surface area (Å²) in [7, 11) is 0. The molecular weight excluding hydrogens is 276 g/mol. The molecule has 0 atom stereocenters. The molecule has 9 heteroatoms. The Balaban J connectivity index is 2.07. The lowest BCUT2D eigenvalue weighted by molar-refractivity contribution is 0.0691. The van der Waals surface area contributed by atoms with Crippen LogP contribution in [-0.4, -0.2) is 41.2 Å². The van der Waals surface area contributed by atoms with E-state index in [2.05, 4.69) is 25.4 Å². The second kappa shape index (κ2) is 5.12. The van der Waals surface area contributed by atoms with Gasteiger partial charge in [-0.15, -0.1) is 5.10 Å². The topological polar surface area (TPSA) is 120 Å². The number of aromatic carboxylic acids is 1. The minimum atomic E-state index is -1.18. The van der Waals surface area contributed by atoms with Crippen LogP contribution in [0, 0.1) is 6.92 Å². The van der Waals surface area contributed by atoms with Crippen molar-refractivity contribution in [2.24, 2.45) is 0 Å². The second-order valence-corrected chi connectivity index (χ2v) is 4.20. The fourth-order valence-electron chi connectivity index (χ4n) is 1.86. The molecule has 0 radical (unpaired) electrons. The van der Waals surface area contributed by atoms with Crippen molar-refractivity contribution in [1.82, 2.24) is 30.1 Å². The highest BCUT2D eigenvalue weighted by Crippen LogP contribution is 2.20. The van der Waals surface area contributed by atoms with Crippen molar-refractivity contribution in [1.29, 1.82) is 0 Å². The Hall–Kier alpha value is -3.10. The molecule has 0 spiro atoms. The predicted molar refractivity (Wildman–Crippen MR) is 68.3 cm³/mol. The van der Waals surface area contributed by atoms with Crippen molar-refractivity contribution in [3.63, 3.8) is 0 Å². The van der Waals surface area contributed by atoms with Crippen LogP contribution in [0.5, 0.6) is 0 Å². The fourth-order valence-corrected chi connectivity index (χ4v) is 1.86. The van der Waals surface area contributed by atoms with E-state index in [-0.39, 0.29) is 12.2 Å². The minimum Gasteiger partial charge on any atom is -0.476 e. The maximum atomic E-state index is 11.3. The first-order chi connectivity index (χ1) is 10.1. The Morgan fingerprint density at radius 3 is 2.90 bits per heavy atom. The molecule has 0 saturated carbocycles. The van der Waals surface area contributed by atoms with Gasteiger partial charge in [-0.1, -0.05) is 16.4 Å². The molecule has 0 aromatic carbocycles. The average Bonchev–Trinajstić information content (AvgIpc) is 3.07. The van der Waals surface area contributed by atoms with Gasteiger partial charge in [-0.2, -0.15) is 4.98 Å². The Bertz CT molecular complexity index is 779. The predicted octanol–water partition coefficient (Wildman–Crippen LogP) is 0.778. The van der Waals surface area contributed by atoms with Crippen molar-refractivity contribution in [2.75, 3.05) is 0 Å². The Labute approximate surface area is 118 Å². The number of nitrogens with zero attached hydrogens (tertiary/aromatic N) is 6. The summed E-state index contributed by atoms with van der Waals surface area (Å²) in [5, 5.41) is 20.4. The number of pyridine rings is 1. The lowest BCUT2D eigenvalue weighted by Gasteiger charge is -2.03. The molecule has 3 aromatic rings. The average molecular weight is 286 g/mol. The van der Waals surface area contributed by atoms with Gasteiger partial charge < -0.3 is 9.63 Å². The maximum absolute atomic E-state index is 11.3. The van der Waals surface area contributed by atoms with Crippen LogP contribution in [0.4, 0.5) is 0 Å². The largest absolute Gasteiger partial charge is 0.476 e. The third kappa shape index (κ3) is 2.48. The summed E-state index contributed by atoms with van der Waals surface area (Å²) in [5.74, 6) is -0.377. The molecule has 0 bridgehead atoms. The quantitative estimate of drug-likeness (QED) is 0.747. The van der Waals surface area contributed by atoms with E-state index in [9.17, 15) is 9.90 Å². The van der Waals surface area contributed by atoms with Crippen molar-refractivity contribution in [3.05, 3.63) is 41.8 Å². The SMILES string of the molecule is Cc1noc(Cn2nnc(C(=O)O)c2-c2ccccn2)n1. The lowest BCUT2D eigenvalue weighted by atomic mass is 10.2. The number of aryl methyl sites for hydroxylation is 1. The first-order valence-electron chi connectivity index (χ1n) is 6.02. The van der Waals surface area contributed by atoms with Crippen LogP contribution in [0.1, 0.15) is 22.2 Å². The van der Waals surface area contributed by atoms with Crippen LogP contribution >= 0.6 is 0 Å². The van der Waals surface area contributed by atoms with E-state index in [1.54, 1.807) is 31.3 Å². The van der Waals surface area contributed by atoms with Crippen molar-refractivity contribution >= 4 is 5.97 Å². The molecule has 0 fully saturated rings. The molecule has 3 rings (SSSR count). The molecule has 0 aliphatic rings. The van der Waals surface area contributed by atoms with Crippen molar-refractivity contribution in [3.8, 4) is 11.4 Å². The van der Waals surface area contributed by atoms with Crippen molar-refractivity contribution in [2.45, 2.75) is 13.5 Å². The molecule has 0 saturated heterocycles. The monoisotopic (exact) mass is 286 g/mol. The van der Waals surface area contributed by atoms with E-state index in [4.69, 9.17) is 4.52 Å². The van der Waals surface area contributed by atoms with E-state index < -0.39 is 5.97 Å². The van der Waals surface area contributed by atoms with E-state index >= 15 is 0 Å². The molecule has 0 aliphatic heterocycles. The minimum absolute atomic E-state index is 0.118. The first-order valence-corrected chi connectivity index (χ1v) is 6.02. The molecular formula is C12H10N6O3. The number of aromatic nitrogens is 6. The molecule has 3 heterocycles. The summed E-state index contributed by atoms with van der Waals surface area (Å²) in [6.45, 7) is 1.81. The Kier molecular flexibility index (Phi) is 3.14. The van der Waals surface area contributed by atoms with Gasteiger partial charge >= 0.3 is 5.97 Å². The number of rotatable bonds is 4. The summed E-state index contributed by atoms with van der Waals surface area (Å²) in [5.41, 5.74) is 0.569.